The summed E-state index contributed by atoms with van der Waals surface area (Å²) in [6.45, 7) is 3.34. The van der Waals surface area contributed by atoms with Gasteiger partial charge in [0.15, 0.2) is 11.7 Å². The maximum absolute atomic E-state index is 11.8. The molecule has 0 radical (unpaired) electrons. The zero-order valence-electron chi connectivity index (χ0n) is 12.2. The van der Waals surface area contributed by atoms with E-state index in [1.165, 1.54) is 12.8 Å². The number of anilines is 1. The number of carbonyl (C=O) groups excluding carboxylic acids is 1. The van der Waals surface area contributed by atoms with Crippen LogP contribution in [-0.2, 0) is 4.79 Å². The maximum Gasteiger partial charge on any atom is 0.243 e. The number of benzene rings is 1. The molecular weight excluding hydrogens is 266 g/mol. The lowest BCUT2D eigenvalue weighted by Crippen LogP contribution is -2.45. The Hall–Kier alpha value is -2.14. The highest BCUT2D eigenvalue weighted by Gasteiger charge is 2.28. The number of hydrogen-bond donors (Lipinski definition) is 2. The van der Waals surface area contributed by atoms with Crippen LogP contribution in [0.5, 0.6) is 0 Å². The number of hydrogen-bond acceptors (Lipinski definition) is 4. The van der Waals surface area contributed by atoms with Crippen molar-refractivity contribution in [3.63, 3.8) is 0 Å². The van der Waals surface area contributed by atoms with Crippen molar-refractivity contribution < 1.29 is 9.21 Å². The highest BCUT2D eigenvalue weighted by molar-refractivity contribution is 5.97. The van der Waals surface area contributed by atoms with Crippen molar-refractivity contribution in [2.45, 2.75) is 38.1 Å². The quantitative estimate of drug-likeness (QED) is 0.905. The lowest BCUT2D eigenvalue weighted by molar-refractivity contribution is -0.120. The summed E-state index contributed by atoms with van der Waals surface area (Å²) >= 11 is 0. The van der Waals surface area contributed by atoms with Crippen LogP contribution in [0.3, 0.4) is 0 Å². The van der Waals surface area contributed by atoms with Gasteiger partial charge in [-0.25, -0.2) is 4.98 Å². The minimum absolute atomic E-state index is 0.217. The first-order valence-corrected chi connectivity index (χ1v) is 7.10. The van der Waals surface area contributed by atoms with Crippen LogP contribution < -0.4 is 11.1 Å². The number of amides is 1. The number of aromatic nitrogens is 1. The van der Waals surface area contributed by atoms with Crippen molar-refractivity contribution in [1.29, 1.82) is 0 Å². The van der Waals surface area contributed by atoms with Crippen molar-refractivity contribution in [3.8, 4) is 11.3 Å². The number of nitrogens with zero attached hydrogens (tertiary/aromatic N) is 1. The second-order valence-corrected chi connectivity index (χ2v) is 6.09. The predicted octanol–water partition coefficient (Wildman–Crippen LogP) is 2.89. The third-order valence-corrected chi connectivity index (χ3v) is 3.46. The summed E-state index contributed by atoms with van der Waals surface area (Å²) in [5.41, 5.74) is 6.51. The molecular formula is C16H19N3O2. The van der Waals surface area contributed by atoms with Crippen molar-refractivity contribution in [2.24, 2.45) is 5.73 Å². The van der Waals surface area contributed by atoms with Gasteiger partial charge in [0, 0.05) is 17.2 Å². The molecule has 0 spiro atoms. The van der Waals surface area contributed by atoms with E-state index in [4.69, 9.17) is 10.2 Å². The van der Waals surface area contributed by atoms with Crippen LogP contribution in [0.2, 0.25) is 0 Å². The molecule has 3 N–H and O–H groups in total. The highest BCUT2D eigenvalue weighted by Crippen LogP contribution is 2.40. The lowest BCUT2D eigenvalue weighted by Gasteiger charge is -2.17. The van der Waals surface area contributed by atoms with Crippen molar-refractivity contribution in [3.05, 3.63) is 36.4 Å². The van der Waals surface area contributed by atoms with Crippen molar-refractivity contribution >= 4 is 11.6 Å². The topological polar surface area (TPSA) is 81.2 Å². The average molecular weight is 285 g/mol. The van der Waals surface area contributed by atoms with Gasteiger partial charge in [0.2, 0.25) is 5.91 Å². The molecule has 1 fully saturated rings. The molecule has 5 nitrogen and oxygen atoms in total. The SMILES string of the molecule is CC(C)(N)C(=O)Nc1ccc(-c2cnc(C3CC3)o2)cc1. The molecule has 0 atom stereocenters. The molecule has 2 aromatic rings. The summed E-state index contributed by atoms with van der Waals surface area (Å²) in [5, 5.41) is 2.78. The molecule has 1 saturated carbocycles. The molecule has 1 amide bonds. The molecule has 0 aliphatic heterocycles. The molecule has 21 heavy (non-hydrogen) atoms. The molecule has 1 aliphatic rings. The van der Waals surface area contributed by atoms with Crippen LogP contribution in [-0.4, -0.2) is 16.4 Å². The van der Waals surface area contributed by atoms with E-state index >= 15 is 0 Å². The summed E-state index contributed by atoms with van der Waals surface area (Å²) in [4.78, 5) is 16.1. The summed E-state index contributed by atoms with van der Waals surface area (Å²) in [6, 6.07) is 7.46. The van der Waals surface area contributed by atoms with Crippen LogP contribution in [0.15, 0.2) is 34.9 Å². The molecule has 1 heterocycles. The molecule has 1 aromatic heterocycles. The average Bonchev–Trinajstić information content (AvgIpc) is 3.17. The normalized spacial score (nSPS) is 15.0. The monoisotopic (exact) mass is 285 g/mol. The number of carbonyl (C=O) groups is 1. The summed E-state index contributed by atoms with van der Waals surface area (Å²) in [7, 11) is 0. The Kier molecular flexibility index (Phi) is 3.29. The first-order chi connectivity index (χ1) is 9.93. The third-order valence-electron chi connectivity index (χ3n) is 3.46. The minimum Gasteiger partial charge on any atom is -0.440 e. The summed E-state index contributed by atoms with van der Waals surface area (Å²) in [6.07, 6.45) is 4.09. The van der Waals surface area contributed by atoms with Crippen LogP contribution in [0, 0.1) is 0 Å². The first kappa shape index (κ1) is 13.8. The van der Waals surface area contributed by atoms with Gasteiger partial charge in [-0.2, -0.15) is 0 Å². The maximum atomic E-state index is 11.8. The van der Waals surface area contributed by atoms with E-state index < -0.39 is 5.54 Å². The van der Waals surface area contributed by atoms with E-state index in [2.05, 4.69) is 10.3 Å². The molecule has 0 bridgehead atoms. The Labute approximate surface area is 123 Å². The van der Waals surface area contributed by atoms with E-state index in [1.54, 1.807) is 20.0 Å². The zero-order valence-corrected chi connectivity index (χ0v) is 12.2. The smallest absolute Gasteiger partial charge is 0.243 e. The molecule has 110 valence electrons. The number of oxazole rings is 1. The Morgan fingerprint density at radius 1 is 1.33 bits per heavy atom. The van der Waals surface area contributed by atoms with Crippen molar-refractivity contribution in [2.75, 3.05) is 5.32 Å². The Bertz CT molecular complexity index is 649. The van der Waals surface area contributed by atoms with E-state index in [-0.39, 0.29) is 5.91 Å². The van der Waals surface area contributed by atoms with Gasteiger partial charge in [-0.1, -0.05) is 0 Å². The van der Waals surface area contributed by atoms with E-state index in [9.17, 15) is 4.79 Å². The molecule has 5 heteroatoms. The van der Waals surface area contributed by atoms with Crippen LogP contribution in [0.1, 0.15) is 38.5 Å². The number of rotatable bonds is 4. The van der Waals surface area contributed by atoms with E-state index in [0.717, 1.165) is 17.2 Å². The third kappa shape index (κ3) is 3.13. The molecule has 0 unspecified atom stereocenters. The second-order valence-electron chi connectivity index (χ2n) is 6.09. The predicted molar refractivity (Wildman–Crippen MR) is 80.8 cm³/mol. The Morgan fingerprint density at radius 2 is 2.00 bits per heavy atom. The van der Waals surface area contributed by atoms with Gasteiger partial charge in [-0.3, -0.25) is 4.79 Å². The fourth-order valence-electron chi connectivity index (χ4n) is 1.95. The van der Waals surface area contributed by atoms with Gasteiger partial charge < -0.3 is 15.5 Å². The summed E-state index contributed by atoms with van der Waals surface area (Å²) < 4.78 is 5.75. The fraction of sp³-hybridized carbons (Fsp3) is 0.375. The lowest BCUT2D eigenvalue weighted by atomic mass is 10.1. The zero-order chi connectivity index (χ0) is 15.0. The van der Waals surface area contributed by atoms with Gasteiger partial charge in [-0.05, 0) is 51.0 Å². The molecule has 1 aliphatic carbocycles. The van der Waals surface area contributed by atoms with E-state index in [0.29, 0.717) is 11.6 Å². The largest absolute Gasteiger partial charge is 0.440 e. The van der Waals surface area contributed by atoms with Gasteiger partial charge >= 0.3 is 0 Å². The van der Waals surface area contributed by atoms with Crippen LogP contribution in [0.25, 0.3) is 11.3 Å². The van der Waals surface area contributed by atoms with Gasteiger partial charge in [0.05, 0.1) is 11.7 Å². The standard InChI is InChI=1S/C16H19N3O2/c1-16(2,17)15(20)19-12-7-5-10(6-8-12)13-9-18-14(21-13)11-3-4-11/h5-9,11H,3-4,17H2,1-2H3,(H,19,20). The highest BCUT2D eigenvalue weighted by atomic mass is 16.4. The van der Waals surface area contributed by atoms with Crippen LogP contribution in [0.4, 0.5) is 5.69 Å². The second kappa shape index (κ2) is 5.00. The molecule has 3 rings (SSSR count). The first-order valence-electron chi connectivity index (χ1n) is 7.10. The van der Waals surface area contributed by atoms with Gasteiger partial charge in [0.1, 0.15) is 0 Å². The fourth-order valence-corrected chi connectivity index (χ4v) is 1.95. The Morgan fingerprint density at radius 3 is 2.57 bits per heavy atom. The molecule has 1 aromatic carbocycles. The van der Waals surface area contributed by atoms with Crippen LogP contribution >= 0.6 is 0 Å². The van der Waals surface area contributed by atoms with Gasteiger partial charge in [0.25, 0.3) is 0 Å². The van der Waals surface area contributed by atoms with Crippen molar-refractivity contribution in [1.82, 2.24) is 4.98 Å². The van der Waals surface area contributed by atoms with E-state index in [1.807, 2.05) is 24.3 Å². The number of nitrogens with one attached hydrogen (secondary N) is 1. The number of nitrogens with two attached hydrogens (primary N) is 1. The minimum atomic E-state index is -0.900. The van der Waals surface area contributed by atoms with Gasteiger partial charge in [-0.15, -0.1) is 0 Å². The Balaban J connectivity index is 1.72. The summed E-state index contributed by atoms with van der Waals surface area (Å²) in [5.74, 6) is 1.87. The molecule has 0 saturated heterocycles.